The lowest BCUT2D eigenvalue weighted by molar-refractivity contribution is 0.407. The van der Waals surface area contributed by atoms with Gasteiger partial charge < -0.3 is 4.90 Å². The average molecular weight is 244 g/mol. The Morgan fingerprint density at radius 1 is 1.62 bits per heavy atom. The monoisotopic (exact) mass is 244 g/mol. The van der Waals surface area contributed by atoms with E-state index in [1.807, 2.05) is 7.05 Å². The lowest BCUT2D eigenvalue weighted by Gasteiger charge is -2.12. The summed E-state index contributed by atoms with van der Waals surface area (Å²) in [5.74, 6) is 0. The summed E-state index contributed by atoms with van der Waals surface area (Å²) >= 11 is 0. The normalized spacial score (nSPS) is 22.8. The summed E-state index contributed by atoms with van der Waals surface area (Å²) < 4.78 is 26.7. The molecule has 6 nitrogen and oxygen atoms in total. The van der Waals surface area contributed by atoms with Crippen molar-refractivity contribution < 1.29 is 8.42 Å². The molecular formula is C9H16N4O2S. The summed E-state index contributed by atoms with van der Waals surface area (Å²) in [6.45, 7) is 3.38. The highest BCUT2D eigenvalue weighted by Crippen LogP contribution is 2.14. The number of nitrogens with one attached hydrogen (secondary N) is 2. The smallest absolute Gasteiger partial charge is 0.244 e. The predicted octanol–water partition coefficient (Wildman–Crippen LogP) is -0.299. The van der Waals surface area contributed by atoms with Crippen LogP contribution in [-0.2, 0) is 10.0 Å². The highest BCUT2D eigenvalue weighted by molar-refractivity contribution is 7.89. The molecule has 0 spiro atoms. The van der Waals surface area contributed by atoms with E-state index in [-0.39, 0.29) is 10.9 Å². The van der Waals surface area contributed by atoms with Gasteiger partial charge in [0, 0.05) is 12.6 Å². The van der Waals surface area contributed by atoms with Gasteiger partial charge in [0.25, 0.3) is 0 Å². The van der Waals surface area contributed by atoms with Crippen LogP contribution in [0.1, 0.15) is 12.1 Å². The number of likely N-dealkylation sites (tertiary alicyclic amines) is 1. The van der Waals surface area contributed by atoms with E-state index in [2.05, 4.69) is 19.8 Å². The summed E-state index contributed by atoms with van der Waals surface area (Å²) in [4.78, 5) is 2.34. The lowest BCUT2D eigenvalue weighted by Crippen LogP contribution is -2.36. The van der Waals surface area contributed by atoms with E-state index in [0.717, 1.165) is 19.5 Å². The third-order valence-electron chi connectivity index (χ3n) is 2.79. The Balaban J connectivity index is 2.12. The number of rotatable bonds is 3. The molecule has 1 aromatic heterocycles. The Morgan fingerprint density at radius 3 is 2.88 bits per heavy atom. The van der Waals surface area contributed by atoms with Crippen molar-refractivity contribution in [1.82, 2.24) is 19.8 Å². The average Bonchev–Trinajstić information content (AvgIpc) is 2.74. The van der Waals surface area contributed by atoms with E-state index in [0.29, 0.717) is 5.69 Å². The van der Waals surface area contributed by atoms with Crippen LogP contribution in [0.4, 0.5) is 0 Å². The van der Waals surface area contributed by atoms with Gasteiger partial charge in [-0.2, -0.15) is 5.10 Å². The highest BCUT2D eigenvalue weighted by atomic mass is 32.2. The summed E-state index contributed by atoms with van der Waals surface area (Å²) in [7, 11) is -1.44. The number of hydrogen-bond acceptors (Lipinski definition) is 4. The Labute approximate surface area is 95.1 Å². The van der Waals surface area contributed by atoms with Gasteiger partial charge in [-0.05, 0) is 26.9 Å². The van der Waals surface area contributed by atoms with Crippen LogP contribution in [0.3, 0.4) is 0 Å². The number of hydrogen-bond donors (Lipinski definition) is 2. The maximum Gasteiger partial charge on any atom is 0.244 e. The molecule has 0 amide bonds. The van der Waals surface area contributed by atoms with E-state index in [9.17, 15) is 8.42 Å². The highest BCUT2D eigenvalue weighted by Gasteiger charge is 2.26. The van der Waals surface area contributed by atoms with Crippen molar-refractivity contribution in [2.45, 2.75) is 24.3 Å². The maximum absolute atomic E-state index is 12.0. The van der Waals surface area contributed by atoms with E-state index in [1.54, 1.807) is 6.92 Å². The number of aryl methyl sites for hydroxylation is 1. The van der Waals surface area contributed by atoms with Gasteiger partial charge in [0.2, 0.25) is 10.0 Å². The standard InChI is InChI=1S/C9H16N4O2S/c1-7-9(5-10-11-7)16(14,15)12-8-3-4-13(2)6-8/h5,8,12H,3-4,6H2,1-2H3,(H,10,11). The first-order valence-electron chi connectivity index (χ1n) is 5.20. The first kappa shape index (κ1) is 11.6. The van der Waals surface area contributed by atoms with Crippen LogP contribution in [0.25, 0.3) is 0 Å². The SMILES string of the molecule is Cc1[nH]ncc1S(=O)(=O)NC1CCN(C)C1. The van der Waals surface area contributed by atoms with Crippen LogP contribution in [0.15, 0.2) is 11.1 Å². The van der Waals surface area contributed by atoms with Gasteiger partial charge in [-0.1, -0.05) is 0 Å². The molecule has 1 aliphatic heterocycles. The zero-order valence-electron chi connectivity index (χ0n) is 9.40. The van der Waals surface area contributed by atoms with E-state index >= 15 is 0 Å². The van der Waals surface area contributed by atoms with Crippen molar-refractivity contribution in [2.75, 3.05) is 20.1 Å². The van der Waals surface area contributed by atoms with Crippen LogP contribution in [-0.4, -0.2) is 49.7 Å². The molecule has 1 fully saturated rings. The minimum Gasteiger partial charge on any atom is -0.305 e. The van der Waals surface area contributed by atoms with E-state index < -0.39 is 10.0 Å². The second kappa shape index (κ2) is 4.15. The first-order chi connectivity index (χ1) is 7.49. The molecule has 2 N–H and O–H groups in total. The quantitative estimate of drug-likeness (QED) is 0.765. The molecule has 16 heavy (non-hydrogen) atoms. The van der Waals surface area contributed by atoms with Gasteiger partial charge in [-0.15, -0.1) is 0 Å². The number of sulfonamides is 1. The zero-order chi connectivity index (χ0) is 11.8. The predicted molar refractivity (Wildman–Crippen MR) is 59.5 cm³/mol. The van der Waals surface area contributed by atoms with E-state index in [4.69, 9.17) is 0 Å². The van der Waals surface area contributed by atoms with Crippen molar-refractivity contribution in [1.29, 1.82) is 0 Å². The van der Waals surface area contributed by atoms with Gasteiger partial charge in [0.1, 0.15) is 4.90 Å². The molecule has 2 heterocycles. The third kappa shape index (κ3) is 2.26. The molecule has 1 aromatic rings. The van der Waals surface area contributed by atoms with Crippen molar-refractivity contribution in [3.05, 3.63) is 11.9 Å². The molecule has 1 aliphatic rings. The minimum atomic E-state index is -3.42. The largest absolute Gasteiger partial charge is 0.305 e. The molecule has 1 saturated heterocycles. The number of H-pyrrole nitrogens is 1. The first-order valence-corrected chi connectivity index (χ1v) is 6.68. The van der Waals surface area contributed by atoms with Crippen LogP contribution in [0.2, 0.25) is 0 Å². The molecule has 7 heteroatoms. The lowest BCUT2D eigenvalue weighted by atomic mass is 10.3. The second-order valence-electron chi connectivity index (χ2n) is 4.23. The van der Waals surface area contributed by atoms with Crippen molar-refractivity contribution in [3.8, 4) is 0 Å². The molecule has 90 valence electrons. The second-order valence-corrected chi connectivity index (χ2v) is 5.91. The summed E-state index contributed by atoms with van der Waals surface area (Å²) in [6, 6.07) is 0.00398. The summed E-state index contributed by atoms with van der Waals surface area (Å²) in [5, 5.41) is 6.35. The molecule has 1 unspecified atom stereocenters. The van der Waals surface area contributed by atoms with E-state index in [1.165, 1.54) is 6.20 Å². The number of aromatic nitrogens is 2. The minimum absolute atomic E-state index is 0.00398. The molecular weight excluding hydrogens is 228 g/mol. The Kier molecular flexibility index (Phi) is 3.00. The Bertz CT molecular complexity index is 468. The van der Waals surface area contributed by atoms with Crippen molar-refractivity contribution in [3.63, 3.8) is 0 Å². The molecule has 2 rings (SSSR count). The summed E-state index contributed by atoms with van der Waals surface area (Å²) in [5.41, 5.74) is 0.568. The molecule has 0 saturated carbocycles. The van der Waals surface area contributed by atoms with Crippen LogP contribution in [0.5, 0.6) is 0 Å². The van der Waals surface area contributed by atoms with Gasteiger partial charge in [-0.3, -0.25) is 5.10 Å². The van der Waals surface area contributed by atoms with Gasteiger partial charge >= 0.3 is 0 Å². The fraction of sp³-hybridized carbons (Fsp3) is 0.667. The molecule has 0 bridgehead atoms. The molecule has 0 aromatic carbocycles. The van der Waals surface area contributed by atoms with Crippen molar-refractivity contribution >= 4 is 10.0 Å². The van der Waals surface area contributed by atoms with Gasteiger partial charge in [0.05, 0.1) is 11.9 Å². The topological polar surface area (TPSA) is 78.1 Å². The number of likely N-dealkylation sites (N-methyl/N-ethyl adjacent to an activating group) is 1. The Morgan fingerprint density at radius 2 is 2.38 bits per heavy atom. The Hall–Kier alpha value is -0.920. The fourth-order valence-electron chi connectivity index (χ4n) is 1.92. The molecule has 0 radical (unpaired) electrons. The van der Waals surface area contributed by atoms with Gasteiger partial charge in [0.15, 0.2) is 0 Å². The maximum atomic E-state index is 12.0. The fourth-order valence-corrected chi connectivity index (χ4v) is 3.32. The molecule has 1 atom stereocenters. The van der Waals surface area contributed by atoms with Crippen molar-refractivity contribution in [2.24, 2.45) is 0 Å². The zero-order valence-corrected chi connectivity index (χ0v) is 10.2. The van der Waals surface area contributed by atoms with Crippen LogP contribution >= 0.6 is 0 Å². The molecule has 0 aliphatic carbocycles. The van der Waals surface area contributed by atoms with Gasteiger partial charge in [-0.25, -0.2) is 13.1 Å². The number of aromatic amines is 1. The summed E-state index contributed by atoms with van der Waals surface area (Å²) in [6.07, 6.45) is 2.20. The third-order valence-corrected chi connectivity index (χ3v) is 4.42. The number of nitrogens with zero attached hydrogens (tertiary/aromatic N) is 2. The van der Waals surface area contributed by atoms with Crippen LogP contribution < -0.4 is 4.72 Å². The van der Waals surface area contributed by atoms with Crippen LogP contribution in [0, 0.1) is 6.92 Å².